The van der Waals surface area contributed by atoms with Gasteiger partial charge in [0.2, 0.25) is 0 Å². The van der Waals surface area contributed by atoms with E-state index in [1.807, 2.05) is 6.92 Å². The number of nitrogens with one attached hydrogen (secondary N) is 1. The zero-order valence-corrected chi connectivity index (χ0v) is 7.39. The van der Waals surface area contributed by atoms with Gasteiger partial charge in [0.25, 0.3) is 0 Å². The third kappa shape index (κ3) is 2.31. The molecule has 3 nitrogen and oxygen atoms in total. The third-order valence-electron chi connectivity index (χ3n) is 1.76. The van der Waals surface area contributed by atoms with Gasteiger partial charge in [0, 0.05) is 12.1 Å². The first kappa shape index (κ1) is 8.74. The van der Waals surface area contributed by atoms with Gasteiger partial charge in [-0.05, 0) is 6.92 Å². The van der Waals surface area contributed by atoms with Crippen molar-refractivity contribution in [2.75, 3.05) is 11.5 Å². The molecule has 1 aliphatic heterocycles. The zero-order chi connectivity index (χ0) is 8.48. The van der Waals surface area contributed by atoms with Gasteiger partial charge in [-0.1, -0.05) is 6.08 Å². The summed E-state index contributed by atoms with van der Waals surface area (Å²) in [6, 6.07) is 0.350. The molecular weight excluding hydrogens is 162 g/mol. The first-order valence-corrected chi connectivity index (χ1v) is 5.44. The summed E-state index contributed by atoms with van der Waals surface area (Å²) in [6.45, 7) is 5.55. The van der Waals surface area contributed by atoms with Crippen molar-refractivity contribution in [1.82, 2.24) is 5.32 Å². The third-order valence-corrected chi connectivity index (χ3v) is 3.58. The molecule has 0 amide bonds. The van der Waals surface area contributed by atoms with E-state index >= 15 is 0 Å². The second kappa shape index (κ2) is 2.95. The van der Waals surface area contributed by atoms with Crippen molar-refractivity contribution in [3.63, 3.8) is 0 Å². The molecule has 0 aromatic carbocycles. The highest BCUT2D eigenvalue weighted by atomic mass is 32.2. The Balaban J connectivity index is 2.29. The average molecular weight is 175 g/mol. The molecule has 0 spiro atoms. The maximum atomic E-state index is 10.7. The summed E-state index contributed by atoms with van der Waals surface area (Å²) in [6.07, 6.45) is 1.77. The van der Waals surface area contributed by atoms with Crippen LogP contribution >= 0.6 is 0 Å². The molecule has 1 rings (SSSR count). The van der Waals surface area contributed by atoms with Crippen LogP contribution in [-0.2, 0) is 9.84 Å². The van der Waals surface area contributed by atoms with Gasteiger partial charge in [0.15, 0.2) is 9.84 Å². The van der Waals surface area contributed by atoms with Crippen LogP contribution in [-0.4, -0.2) is 32.0 Å². The lowest BCUT2D eigenvalue weighted by molar-refractivity contribution is 0.494. The molecule has 0 bridgehead atoms. The number of hydrogen-bond donors (Lipinski definition) is 1. The average Bonchev–Trinajstić information content (AvgIpc) is 1.83. The largest absolute Gasteiger partial charge is 0.306 e. The monoisotopic (exact) mass is 175 g/mol. The van der Waals surface area contributed by atoms with Crippen LogP contribution in [0.5, 0.6) is 0 Å². The SMILES string of the molecule is C=CC(C)NC1CS(=O)(=O)C1. The van der Waals surface area contributed by atoms with Crippen LogP contribution in [0.25, 0.3) is 0 Å². The Morgan fingerprint density at radius 2 is 2.18 bits per heavy atom. The smallest absolute Gasteiger partial charge is 0.153 e. The topological polar surface area (TPSA) is 46.2 Å². The lowest BCUT2D eigenvalue weighted by atomic mass is 10.3. The van der Waals surface area contributed by atoms with Crippen LogP contribution in [0.4, 0.5) is 0 Å². The Hall–Kier alpha value is -0.350. The van der Waals surface area contributed by atoms with Crippen LogP contribution in [0.1, 0.15) is 6.92 Å². The van der Waals surface area contributed by atoms with E-state index < -0.39 is 9.84 Å². The summed E-state index contributed by atoms with van der Waals surface area (Å²) in [5.74, 6) is 0.566. The first-order valence-electron chi connectivity index (χ1n) is 3.62. The van der Waals surface area contributed by atoms with Gasteiger partial charge in [-0.25, -0.2) is 8.42 Å². The molecule has 0 aromatic rings. The lowest BCUT2D eigenvalue weighted by Gasteiger charge is -2.28. The van der Waals surface area contributed by atoms with Crippen LogP contribution in [0.3, 0.4) is 0 Å². The second-order valence-electron chi connectivity index (χ2n) is 2.96. The van der Waals surface area contributed by atoms with Crippen LogP contribution in [0, 0.1) is 0 Å². The molecule has 1 atom stereocenters. The molecule has 1 unspecified atom stereocenters. The fourth-order valence-corrected chi connectivity index (χ4v) is 2.42. The zero-order valence-electron chi connectivity index (χ0n) is 6.58. The van der Waals surface area contributed by atoms with Crippen LogP contribution in [0.2, 0.25) is 0 Å². The van der Waals surface area contributed by atoms with E-state index in [-0.39, 0.29) is 23.6 Å². The Labute approximate surface area is 67.4 Å². The molecule has 4 heteroatoms. The standard InChI is InChI=1S/C7H13NO2S/c1-3-6(2)8-7-4-11(9,10)5-7/h3,6-8H,1,4-5H2,2H3. The van der Waals surface area contributed by atoms with Crippen molar-refractivity contribution in [3.05, 3.63) is 12.7 Å². The molecule has 0 saturated carbocycles. The predicted molar refractivity (Wildman–Crippen MR) is 45.2 cm³/mol. The molecule has 0 aromatic heterocycles. The highest BCUT2D eigenvalue weighted by molar-refractivity contribution is 7.92. The van der Waals surface area contributed by atoms with Gasteiger partial charge in [-0.15, -0.1) is 6.58 Å². The maximum absolute atomic E-state index is 10.7. The summed E-state index contributed by atoms with van der Waals surface area (Å²) in [5.41, 5.74) is 0. The van der Waals surface area contributed by atoms with Gasteiger partial charge >= 0.3 is 0 Å². The Kier molecular flexibility index (Phi) is 2.34. The molecule has 1 fully saturated rings. The number of sulfone groups is 1. The normalized spacial score (nSPS) is 25.5. The van der Waals surface area contributed by atoms with E-state index in [1.165, 1.54) is 0 Å². The van der Waals surface area contributed by atoms with Crippen molar-refractivity contribution in [3.8, 4) is 0 Å². The molecule has 1 saturated heterocycles. The summed E-state index contributed by atoms with van der Waals surface area (Å²) >= 11 is 0. The van der Waals surface area contributed by atoms with Crippen molar-refractivity contribution in [2.45, 2.75) is 19.0 Å². The van der Waals surface area contributed by atoms with Crippen LogP contribution in [0.15, 0.2) is 12.7 Å². The fraction of sp³-hybridized carbons (Fsp3) is 0.714. The Morgan fingerprint density at radius 1 is 1.64 bits per heavy atom. The second-order valence-corrected chi connectivity index (χ2v) is 5.12. The molecule has 64 valence electrons. The molecule has 1 aliphatic rings. The summed E-state index contributed by atoms with van der Waals surface area (Å²) in [4.78, 5) is 0. The minimum atomic E-state index is -2.68. The summed E-state index contributed by atoms with van der Waals surface area (Å²) in [5, 5.41) is 3.12. The molecule has 1 N–H and O–H groups in total. The highest BCUT2D eigenvalue weighted by Gasteiger charge is 2.33. The number of rotatable bonds is 3. The summed E-state index contributed by atoms with van der Waals surface area (Å²) in [7, 11) is -2.68. The molecular formula is C7H13NO2S. The molecule has 11 heavy (non-hydrogen) atoms. The predicted octanol–water partition coefficient (Wildman–Crippen LogP) is -0.0525. The van der Waals surface area contributed by atoms with E-state index in [0.29, 0.717) is 0 Å². The highest BCUT2D eigenvalue weighted by Crippen LogP contribution is 2.10. The minimum absolute atomic E-state index is 0.146. The van der Waals surface area contributed by atoms with Crippen molar-refractivity contribution in [1.29, 1.82) is 0 Å². The van der Waals surface area contributed by atoms with Crippen molar-refractivity contribution >= 4 is 9.84 Å². The van der Waals surface area contributed by atoms with Gasteiger partial charge in [-0.3, -0.25) is 0 Å². The Bertz CT molecular complexity index is 233. The molecule has 1 heterocycles. The van der Waals surface area contributed by atoms with Crippen molar-refractivity contribution < 1.29 is 8.42 Å². The van der Waals surface area contributed by atoms with Gasteiger partial charge in [0.05, 0.1) is 11.5 Å². The lowest BCUT2D eigenvalue weighted by Crippen LogP contribution is -2.53. The molecule has 0 aliphatic carbocycles. The van der Waals surface area contributed by atoms with Gasteiger partial charge in [0.1, 0.15) is 0 Å². The van der Waals surface area contributed by atoms with Crippen molar-refractivity contribution in [2.24, 2.45) is 0 Å². The Morgan fingerprint density at radius 3 is 2.55 bits per heavy atom. The fourth-order valence-electron chi connectivity index (χ4n) is 1.10. The van der Waals surface area contributed by atoms with E-state index in [4.69, 9.17) is 0 Å². The van der Waals surface area contributed by atoms with Crippen LogP contribution < -0.4 is 5.32 Å². The van der Waals surface area contributed by atoms with E-state index in [0.717, 1.165) is 0 Å². The first-order chi connectivity index (χ1) is 5.03. The van der Waals surface area contributed by atoms with Gasteiger partial charge in [-0.2, -0.15) is 0 Å². The summed E-state index contributed by atoms with van der Waals surface area (Å²) < 4.78 is 21.4. The van der Waals surface area contributed by atoms with E-state index in [9.17, 15) is 8.42 Å². The molecule has 0 radical (unpaired) electrons. The number of hydrogen-bond acceptors (Lipinski definition) is 3. The van der Waals surface area contributed by atoms with E-state index in [1.54, 1.807) is 6.08 Å². The van der Waals surface area contributed by atoms with Gasteiger partial charge < -0.3 is 5.32 Å². The minimum Gasteiger partial charge on any atom is -0.306 e. The van der Waals surface area contributed by atoms with E-state index in [2.05, 4.69) is 11.9 Å². The maximum Gasteiger partial charge on any atom is 0.153 e. The quantitative estimate of drug-likeness (QED) is 0.612.